The first-order valence-corrected chi connectivity index (χ1v) is 12.5. The molecule has 8 rings (SSSR count). The summed E-state index contributed by atoms with van der Waals surface area (Å²) in [6, 6.07) is 49.1. The number of benzene rings is 8. The van der Waals surface area contributed by atoms with Gasteiger partial charge in [0.05, 0.1) is 0 Å². The van der Waals surface area contributed by atoms with Gasteiger partial charge in [0.2, 0.25) is 0 Å². The highest BCUT2D eigenvalue weighted by Gasteiger charge is 2.17. The normalized spacial score (nSPS) is 11.9. The SMILES string of the molecule is c1ccc2c(c1)cc(-c1cc3ccccc3c3ccc4ccccc4c13)c1c3ccccc3ccc21. The van der Waals surface area contributed by atoms with Crippen LogP contribution in [0, 0.1) is 0 Å². The van der Waals surface area contributed by atoms with E-state index in [1.165, 1.54) is 75.8 Å². The molecule has 8 aromatic carbocycles. The van der Waals surface area contributed by atoms with Gasteiger partial charge in [-0.1, -0.05) is 121 Å². The molecule has 0 aliphatic carbocycles. The zero-order valence-electron chi connectivity index (χ0n) is 19.7. The summed E-state index contributed by atoms with van der Waals surface area (Å²) in [5, 5.41) is 15.6. The van der Waals surface area contributed by atoms with E-state index in [-0.39, 0.29) is 0 Å². The monoisotopic (exact) mass is 454 g/mol. The van der Waals surface area contributed by atoms with Gasteiger partial charge in [0.15, 0.2) is 0 Å². The molecule has 0 heteroatoms. The third-order valence-electron chi connectivity index (χ3n) is 7.79. The molecule has 0 aliphatic heterocycles. The Bertz CT molecular complexity index is 1990. The van der Waals surface area contributed by atoms with Crippen molar-refractivity contribution in [2.45, 2.75) is 0 Å². The molecule has 0 nitrogen and oxygen atoms in total. The Balaban J connectivity index is 1.68. The maximum Gasteiger partial charge on any atom is -0.00201 e. The summed E-state index contributed by atoms with van der Waals surface area (Å²) in [6.07, 6.45) is 0. The number of fused-ring (bicyclic) bond motifs is 10. The Morgan fingerprint density at radius 2 is 0.611 bits per heavy atom. The van der Waals surface area contributed by atoms with Crippen molar-refractivity contribution in [3.05, 3.63) is 133 Å². The second-order valence-corrected chi connectivity index (χ2v) is 9.71. The van der Waals surface area contributed by atoms with Crippen LogP contribution in [0.15, 0.2) is 133 Å². The minimum Gasteiger partial charge on any atom is -0.0616 e. The van der Waals surface area contributed by atoms with Crippen LogP contribution in [0.1, 0.15) is 0 Å². The van der Waals surface area contributed by atoms with E-state index in [9.17, 15) is 0 Å². The summed E-state index contributed by atoms with van der Waals surface area (Å²) in [5.41, 5.74) is 2.60. The predicted octanol–water partition coefficient (Wildman–Crippen LogP) is 10.3. The third-order valence-corrected chi connectivity index (χ3v) is 7.79. The van der Waals surface area contributed by atoms with Crippen molar-refractivity contribution in [1.82, 2.24) is 0 Å². The fourth-order valence-electron chi connectivity index (χ4n) is 6.19. The zero-order valence-corrected chi connectivity index (χ0v) is 19.7. The Hall–Kier alpha value is -4.68. The molecule has 0 heterocycles. The number of hydrogen-bond acceptors (Lipinski definition) is 0. The molecule has 0 bridgehead atoms. The molecule has 0 aliphatic rings. The average molecular weight is 455 g/mol. The van der Waals surface area contributed by atoms with Crippen molar-refractivity contribution in [3.63, 3.8) is 0 Å². The quantitative estimate of drug-likeness (QED) is 0.216. The van der Waals surface area contributed by atoms with Crippen LogP contribution in [0.3, 0.4) is 0 Å². The molecular formula is C36H22. The highest BCUT2D eigenvalue weighted by atomic mass is 14.2. The van der Waals surface area contributed by atoms with E-state index in [4.69, 9.17) is 0 Å². The van der Waals surface area contributed by atoms with Crippen molar-refractivity contribution >= 4 is 64.6 Å². The van der Waals surface area contributed by atoms with Crippen LogP contribution in [0.4, 0.5) is 0 Å². The molecule has 0 amide bonds. The van der Waals surface area contributed by atoms with Crippen molar-refractivity contribution in [2.24, 2.45) is 0 Å². The molecule has 0 spiro atoms. The van der Waals surface area contributed by atoms with E-state index in [1.54, 1.807) is 0 Å². The summed E-state index contributed by atoms with van der Waals surface area (Å²) in [4.78, 5) is 0. The smallest absolute Gasteiger partial charge is 0.00201 e. The lowest BCUT2D eigenvalue weighted by atomic mass is 9.85. The van der Waals surface area contributed by atoms with Gasteiger partial charge in [-0.15, -0.1) is 0 Å². The molecule has 0 fully saturated rings. The van der Waals surface area contributed by atoms with Crippen molar-refractivity contribution in [2.75, 3.05) is 0 Å². The van der Waals surface area contributed by atoms with E-state index in [1.807, 2.05) is 0 Å². The zero-order chi connectivity index (χ0) is 23.6. The van der Waals surface area contributed by atoms with Gasteiger partial charge < -0.3 is 0 Å². The van der Waals surface area contributed by atoms with Gasteiger partial charge in [-0.25, -0.2) is 0 Å². The maximum absolute atomic E-state index is 2.41. The summed E-state index contributed by atoms with van der Waals surface area (Å²) in [6.45, 7) is 0. The average Bonchev–Trinajstić information content (AvgIpc) is 2.95. The van der Waals surface area contributed by atoms with Crippen molar-refractivity contribution in [1.29, 1.82) is 0 Å². The Morgan fingerprint density at radius 3 is 1.06 bits per heavy atom. The topological polar surface area (TPSA) is 0 Å². The minimum absolute atomic E-state index is 1.27. The lowest BCUT2D eigenvalue weighted by molar-refractivity contribution is 1.73. The molecule has 8 aromatic rings. The van der Waals surface area contributed by atoms with Gasteiger partial charge in [-0.3, -0.25) is 0 Å². The molecule has 0 N–H and O–H groups in total. The van der Waals surface area contributed by atoms with Crippen LogP contribution in [0.5, 0.6) is 0 Å². The Kier molecular flexibility index (Phi) is 4.03. The first-order valence-electron chi connectivity index (χ1n) is 12.5. The highest BCUT2D eigenvalue weighted by molar-refractivity contribution is 6.29. The molecule has 166 valence electrons. The van der Waals surface area contributed by atoms with E-state index >= 15 is 0 Å². The van der Waals surface area contributed by atoms with E-state index in [0.717, 1.165) is 0 Å². The Morgan fingerprint density at radius 1 is 0.250 bits per heavy atom. The van der Waals surface area contributed by atoms with Gasteiger partial charge in [0.1, 0.15) is 0 Å². The molecule has 0 radical (unpaired) electrons. The first-order chi connectivity index (χ1) is 17.9. The molecule has 0 atom stereocenters. The largest absolute Gasteiger partial charge is 0.0616 e. The van der Waals surface area contributed by atoms with E-state index < -0.39 is 0 Å². The van der Waals surface area contributed by atoms with E-state index in [0.29, 0.717) is 0 Å². The van der Waals surface area contributed by atoms with Gasteiger partial charge in [-0.05, 0) is 87.9 Å². The van der Waals surface area contributed by atoms with Gasteiger partial charge in [-0.2, -0.15) is 0 Å². The minimum atomic E-state index is 1.27. The van der Waals surface area contributed by atoms with Crippen LogP contribution < -0.4 is 0 Å². The Labute approximate surface area is 209 Å². The van der Waals surface area contributed by atoms with Crippen LogP contribution in [0.2, 0.25) is 0 Å². The van der Waals surface area contributed by atoms with E-state index in [2.05, 4.69) is 133 Å². The highest BCUT2D eigenvalue weighted by Crippen LogP contribution is 2.44. The second-order valence-electron chi connectivity index (χ2n) is 9.71. The van der Waals surface area contributed by atoms with Crippen molar-refractivity contribution < 1.29 is 0 Å². The van der Waals surface area contributed by atoms with Gasteiger partial charge in [0, 0.05) is 0 Å². The predicted molar refractivity (Wildman–Crippen MR) is 157 cm³/mol. The summed E-state index contributed by atoms with van der Waals surface area (Å²) >= 11 is 0. The van der Waals surface area contributed by atoms with Crippen LogP contribution in [-0.2, 0) is 0 Å². The third kappa shape index (κ3) is 2.70. The lowest BCUT2D eigenvalue weighted by Gasteiger charge is -2.18. The lowest BCUT2D eigenvalue weighted by Crippen LogP contribution is -1.90. The molecule has 0 saturated heterocycles. The first kappa shape index (κ1) is 19.6. The standard InChI is InChI=1S/C36H22/c1-7-15-29-23(9-1)17-19-31-27-13-5-3-11-25(27)21-33(35(29)31)34-22-26-12-4-6-14-28(26)32-20-18-24-10-2-8-16-30(24)36(32)34/h1-22H. The summed E-state index contributed by atoms with van der Waals surface area (Å²) in [5.74, 6) is 0. The van der Waals surface area contributed by atoms with Crippen LogP contribution in [0.25, 0.3) is 75.8 Å². The van der Waals surface area contributed by atoms with Gasteiger partial charge in [0.25, 0.3) is 0 Å². The number of hydrogen-bond donors (Lipinski definition) is 0. The molecule has 0 aromatic heterocycles. The summed E-state index contributed by atoms with van der Waals surface area (Å²) in [7, 11) is 0. The van der Waals surface area contributed by atoms with Crippen LogP contribution >= 0.6 is 0 Å². The van der Waals surface area contributed by atoms with Gasteiger partial charge >= 0.3 is 0 Å². The fraction of sp³-hybridized carbons (Fsp3) is 0. The van der Waals surface area contributed by atoms with Crippen molar-refractivity contribution in [3.8, 4) is 11.1 Å². The maximum atomic E-state index is 2.41. The molecule has 0 saturated carbocycles. The fourth-order valence-corrected chi connectivity index (χ4v) is 6.19. The van der Waals surface area contributed by atoms with Crippen LogP contribution in [-0.4, -0.2) is 0 Å². The molecular weight excluding hydrogens is 432 g/mol. The number of rotatable bonds is 1. The molecule has 36 heavy (non-hydrogen) atoms. The molecule has 0 unspecified atom stereocenters. The second kappa shape index (κ2) is 7.41. The summed E-state index contributed by atoms with van der Waals surface area (Å²) < 4.78 is 0.